The quantitative estimate of drug-likeness (QED) is 0.274. The highest BCUT2D eigenvalue weighted by Gasteiger charge is 2.08. The molecule has 144 valence electrons. The lowest BCUT2D eigenvalue weighted by atomic mass is 10.1. The number of ether oxygens (including phenoxy) is 1. The number of rotatable bonds is 10. The predicted octanol–water partition coefficient (Wildman–Crippen LogP) is 7.10. The van der Waals surface area contributed by atoms with Gasteiger partial charge in [-0.3, -0.25) is 0 Å². The van der Waals surface area contributed by atoms with Gasteiger partial charge in [0, 0.05) is 0 Å². The van der Waals surface area contributed by atoms with Crippen molar-refractivity contribution in [2.45, 2.75) is 45.4 Å². The van der Waals surface area contributed by atoms with Gasteiger partial charge in [0.05, 0.1) is 22.4 Å². The molecule has 3 aromatic rings. The number of thiazole rings is 1. The standard InChI is InChI=1S/C24H26N2OS/c1-2-3-4-5-6-9-16-27-21-14-12-19(13-15-21)17-20(18-25)24-26-22-10-7-8-11-23(22)28-24/h7-8,10-15,17H,2-6,9,16H2,1H3/b20-17-. The van der Waals surface area contributed by atoms with Gasteiger partial charge in [0.2, 0.25) is 0 Å². The van der Waals surface area contributed by atoms with Gasteiger partial charge in [0.15, 0.2) is 0 Å². The lowest BCUT2D eigenvalue weighted by Gasteiger charge is -2.06. The largest absolute Gasteiger partial charge is 0.494 e. The molecule has 1 heterocycles. The van der Waals surface area contributed by atoms with E-state index in [1.807, 2.05) is 54.6 Å². The molecule has 0 bridgehead atoms. The summed E-state index contributed by atoms with van der Waals surface area (Å²) in [5.74, 6) is 0.879. The predicted molar refractivity (Wildman–Crippen MR) is 118 cm³/mol. The van der Waals surface area contributed by atoms with Crippen LogP contribution in [-0.4, -0.2) is 11.6 Å². The maximum absolute atomic E-state index is 9.56. The summed E-state index contributed by atoms with van der Waals surface area (Å²) in [4.78, 5) is 4.58. The number of hydrogen-bond donors (Lipinski definition) is 0. The molecule has 3 nitrogen and oxygen atoms in total. The highest BCUT2D eigenvalue weighted by atomic mass is 32.1. The van der Waals surface area contributed by atoms with Gasteiger partial charge in [-0.05, 0) is 42.3 Å². The molecule has 0 aliphatic rings. The Hall–Kier alpha value is -2.64. The van der Waals surface area contributed by atoms with Crippen LogP contribution in [0.3, 0.4) is 0 Å². The highest BCUT2D eigenvalue weighted by molar-refractivity contribution is 7.19. The minimum Gasteiger partial charge on any atom is -0.494 e. The summed E-state index contributed by atoms with van der Waals surface area (Å²) in [5.41, 5.74) is 2.49. The van der Waals surface area contributed by atoms with Crippen molar-refractivity contribution in [2.75, 3.05) is 6.61 Å². The number of nitriles is 1. The number of para-hydroxylation sites is 1. The number of hydrogen-bond acceptors (Lipinski definition) is 4. The van der Waals surface area contributed by atoms with Crippen LogP contribution in [0.2, 0.25) is 0 Å². The van der Waals surface area contributed by atoms with Crippen molar-refractivity contribution in [1.29, 1.82) is 5.26 Å². The fraction of sp³-hybridized carbons (Fsp3) is 0.333. The first-order valence-corrected chi connectivity index (χ1v) is 10.8. The van der Waals surface area contributed by atoms with Crippen molar-refractivity contribution in [3.05, 3.63) is 59.1 Å². The van der Waals surface area contributed by atoms with Gasteiger partial charge in [0.1, 0.15) is 16.8 Å². The Balaban J connectivity index is 1.57. The fourth-order valence-corrected chi connectivity index (χ4v) is 3.96. The van der Waals surface area contributed by atoms with Crippen molar-refractivity contribution >= 4 is 33.2 Å². The molecule has 0 amide bonds. The molecule has 0 spiro atoms. The van der Waals surface area contributed by atoms with Crippen LogP contribution in [0.1, 0.15) is 56.0 Å². The summed E-state index contributed by atoms with van der Waals surface area (Å²) in [6.45, 7) is 3.00. The molecular weight excluding hydrogens is 364 g/mol. The summed E-state index contributed by atoms with van der Waals surface area (Å²) in [6.07, 6.45) is 9.45. The molecule has 0 radical (unpaired) electrons. The smallest absolute Gasteiger partial charge is 0.135 e. The molecule has 0 fully saturated rings. The first kappa shape index (κ1) is 20.1. The highest BCUT2D eigenvalue weighted by Crippen LogP contribution is 2.28. The molecule has 2 aromatic carbocycles. The second-order valence-corrected chi connectivity index (χ2v) is 7.87. The maximum Gasteiger partial charge on any atom is 0.135 e. The van der Waals surface area contributed by atoms with E-state index in [0.717, 1.165) is 39.6 Å². The zero-order valence-corrected chi connectivity index (χ0v) is 17.2. The Morgan fingerprint density at radius 3 is 2.54 bits per heavy atom. The number of benzene rings is 2. The third-order valence-corrected chi connectivity index (χ3v) is 5.67. The van der Waals surface area contributed by atoms with Gasteiger partial charge < -0.3 is 4.74 Å². The lowest BCUT2D eigenvalue weighted by molar-refractivity contribution is 0.304. The van der Waals surface area contributed by atoms with Crippen LogP contribution >= 0.6 is 11.3 Å². The van der Waals surface area contributed by atoms with E-state index in [9.17, 15) is 5.26 Å². The topological polar surface area (TPSA) is 45.9 Å². The van der Waals surface area contributed by atoms with Gasteiger partial charge >= 0.3 is 0 Å². The number of fused-ring (bicyclic) bond motifs is 1. The Morgan fingerprint density at radius 2 is 1.79 bits per heavy atom. The van der Waals surface area contributed by atoms with Gasteiger partial charge in [0.25, 0.3) is 0 Å². The van der Waals surface area contributed by atoms with Crippen LogP contribution in [0, 0.1) is 11.3 Å². The summed E-state index contributed by atoms with van der Waals surface area (Å²) < 4.78 is 6.92. The van der Waals surface area contributed by atoms with Crippen LogP contribution in [0.15, 0.2) is 48.5 Å². The number of allylic oxidation sites excluding steroid dienone is 1. The Bertz CT molecular complexity index is 918. The van der Waals surface area contributed by atoms with Gasteiger partial charge in [-0.2, -0.15) is 5.26 Å². The van der Waals surface area contributed by atoms with Gasteiger partial charge in [-0.1, -0.05) is 63.3 Å². The van der Waals surface area contributed by atoms with Crippen molar-refractivity contribution in [3.8, 4) is 11.8 Å². The first-order valence-electron chi connectivity index (χ1n) is 10.0. The minimum absolute atomic E-state index is 0.585. The number of unbranched alkanes of at least 4 members (excludes halogenated alkanes) is 5. The monoisotopic (exact) mass is 390 g/mol. The van der Waals surface area contributed by atoms with E-state index in [0.29, 0.717) is 5.57 Å². The van der Waals surface area contributed by atoms with Gasteiger partial charge in [-0.15, -0.1) is 11.3 Å². The molecule has 28 heavy (non-hydrogen) atoms. The SMILES string of the molecule is CCCCCCCCOc1ccc(/C=C(/C#N)c2nc3ccccc3s2)cc1. The summed E-state index contributed by atoms with van der Waals surface area (Å²) >= 11 is 1.55. The fourth-order valence-electron chi connectivity index (χ4n) is 3.03. The van der Waals surface area contributed by atoms with Gasteiger partial charge in [-0.25, -0.2) is 4.98 Å². The molecule has 3 rings (SSSR count). The molecule has 0 saturated heterocycles. The van der Waals surface area contributed by atoms with E-state index < -0.39 is 0 Å². The van der Waals surface area contributed by atoms with Crippen molar-refractivity contribution < 1.29 is 4.74 Å². The zero-order valence-electron chi connectivity index (χ0n) is 16.4. The molecule has 0 N–H and O–H groups in total. The molecule has 0 saturated carbocycles. The summed E-state index contributed by atoms with van der Waals surface area (Å²) in [5, 5.41) is 10.3. The van der Waals surface area contributed by atoms with Crippen LogP contribution in [-0.2, 0) is 0 Å². The summed E-state index contributed by atoms with van der Waals surface area (Å²) in [7, 11) is 0. The van der Waals surface area contributed by atoms with Crippen LogP contribution in [0.25, 0.3) is 21.9 Å². The number of nitrogens with zero attached hydrogens (tertiary/aromatic N) is 2. The average molecular weight is 391 g/mol. The van der Waals surface area contributed by atoms with E-state index in [1.54, 1.807) is 11.3 Å². The second kappa shape index (κ2) is 10.6. The van der Waals surface area contributed by atoms with E-state index >= 15 is 0 Å². The Labute approximate surface area is 171 Å². The minimum atomic E-state index is 0.585. The van der Waals surface area contributed by atoms with E-state index in [4.69, 9.17) is 4.74 Å². The van der Waals surface area contributed by atoms with Crippen molar-refractivity contribution in [2.24, 2.45) is 0 Å². The van der Waals surface area contributed by atoms with E-state index in [-0.39, 0.29) is 0 Å². The lowest BCUT2D eigenvalue weighted by Crippen LogP contribution is -1.97. The van der Waals surface area contributed by atoms with Crippen LogP contribution < -0.4 is 4.74 Å². The van der Waals surface area contributed by atoms with Crippen LogP contribution in [0.5, 0.6) is 5.75 Å². The maximum atomic E-state index is 9.56. The third-order valence-electron chi connectivity index (χ3n) is 4.60. The Morgan fingerprint density at radius 1 is 1.04 bits per heavy atom. The molecule has 0 aliphatic heterocycles. The summed E-state index contributed by atoms with van der Waals surface area (Å²) in [6, 6.07) is 18.2. The average Bonchev–Trinajstić information content (AvgIpc) is 3.16. The normalized spacial score (nSPS) is 11.5. The third kappa shape index (κ3) is 5.68. The van der Waals surface area contributed by atoms with Crippen LogP contribution in [0.4, 0.5) is 0 Å². The molecular formula is C24H26N2OS. The first-order chi connectivity index (χ1) is 13.8. The van der Waals surface area contributed by atoms with Crippen molar-refractivity contribution in [3.63, 3.8) is 0 Å². The Kier molecular flexibility index (Phi) is 7.63. The van der Waals surface area contributed by atoms with E-state index in [1.165, 1.54) is 32.1 Å². The van der Waals surface area contributed by atoms with Crippen molar-refractivity contribution in [1.82, 2.24) is 4.98 Å². The molecule has 0 aliphatic carbocycles. The molecule has 0 unspecified atom stereocenters. The molecule has 1 aromatic heterocycles. The number of aromatic nitrogens is 1. The van der Waals surface area contributed by atoms with E-state index in [2.05, 4.69) is 18.0 Å². The second-order valence-electron chi connectivity index (χ2n) is 6.84. The molecule has 4 heteroatoms. The molecule has 0 atom stereocenters. The zero-order chi connectivity index (χ0) is 19.6.